The van der Waals surface area contributed by atoms with E-state index in [4.69, 9.17) is 16.6 Å². The zero-order valence-corrected chi connectivity index (χ0v) is 21.5. The van der Waals surface area contributed by atoms with Gasteiger partial charge in [0.05, 0.1) is 23.0 Å². The van der Waals surface area contributed by atoms with Crippen molar-refractivity contribution in [3.8, 4) is 11.1 Å². The number of hydrogen-bond donors (Lipinski definition) is 1. The Labute approximate surface area is 224 Å². The maximum atomic E-state index is 14.0. The van der Waals surface area contributed by atoms with Crippen LogP contribution >= 0.6 is 11.6 Å². The molecule has 0 radical (unpaired) electrons. The van der Waals surface area contributed by atoms with Crippen LogP contribution in [0.15, 0.2) is 95.8 Å². The van der Waals surface area contributed by atoms with Crippen molar-refractivity contribution in [1.82, 2.24) is 9.55 Å². The zero-order valence-electron chi connectivity index (χ0n) is 20.7. The molecule has 0 saturated heterocycles. The standard InChI is InChI=1S/C31H25ClFN3O2/c1-2-6-29-35-28-16-15-24(34-30(37)25-9-3-4-10-27(25)33)18-26(28)31(38)36(29)19-20-11-13-21(14-12-20)22-7-5-8-23(32)17-22/h3-5,7-18H,2,6,19H2,1H3,(H,34,37). The maximum absolute atomic E-state index is 14.0. The predicted molar refractivity (Wildman–Crippen MR) is 150 cm³/mol. The molecule has 0 saturated carbocycles. The molecular weight excluding hydrogens is 501 g/mol. The summed E-state index contributed by atoms with van der Waals surface area (Å²) in [6.07, 6.45) is 1.49. The van der Waals surface area contributed by atoms with E-state index in [9.17, 15) is 14.0 Å². The molecule has 7 heteroatoms. The number of halogens is 2. The summed E-state index contributed by atoms with van der Waals surface area (Å²) in [6.45, 7) is 2.40. The molecule has 0 bridgehead atoms. The van der Waals surface area contributed by atoms with Gasteiger partial charge in [0.15, 0.2) is 0 Å². The number of amides is 1. The van der Waals surface area contributed by atoms with Gasteiger partial charge in [-0.25, -0.2) is 9.37 Å². The number of nitrogens with one attached hydrogen (secondary N) is 1. The van der Waals surface area contributed by atoms with E-state index in [0.717, 1.165) is 23.1 Å². The average Bonchev–Trinajstić information content (AvgIpc) is 2.92. The van der Waals surface area contributed by atoms with Crippen molar-refractivity contribution in [1.29, 1.82) is 0 Å². The number of carbonyl (C=O) groups is 1. The number of anilines is 1. The largest absolute Gasteiger partial charge is 0.322 e. The summed E-state index contributed by atoms with van der Waals surface area (Å²) in [4.78, 5) is 31.0. The second-order valence-corrected chi connectivity index (χ2v) is 9.48. The summed E-state index contributed by atoms with van der Waals surface area (Å²) in [5.41, 5.74) is 3.69. The second-order valence-electron chi connectivity index (χ2n) is 9.04. The molecule has 1 N–H and O–H groups in total. The van der Waals surface area contributed by atoms with Crippen molar-refractivity contribution in [3.05, 3.63) is 129 Å². The minimum absolute atomic E-state index is 0.0670. The molecule has 190 valence electrons. The summed E-state index contributed by atoms with van der Waals surface area (Å²) in [5.74, 6) is -0.495. The van der Waals surface area contributed by atoms with Gasteiger partial charge in [0, 0.05) is 17.1 Å². The Kier molecular flexibility index (Phi) is 7.33. The fraction of sp³-hybridized carbons (Fsp3) is 0.129. The molecule has 0 unspecified atom stereocenters. The van der Waals surface area contributed by atoms with Gasteiger partial charge in [-0.1, -0.05) is 67.1 Å². The van der Waals surface area contributed by atoms with Crippen molar-refractivity contribution >= 4 is 34.1 Å². The van der Waals surface area contributed by atoms with Crippen LogP contribution in [-0.2, 0) is 13.0 Å². The van der Waals surface area contributed by atoms with Gasteiger partial charge in [-0.15, -0.1) is 0 Å². The van der Waals surface area contributed by atoms with E-state index in [1.54, 1.807) is 28.8 Å². The zero-order chi connectivity index (χ0) is 26.6. The second kappa shape index (κ2) is 11.0. The number of aryl methyl sites for hydroxylation is 1. The van der Waals surface area contributed by atoms with Crippen molar-refractivity contribution in [2.45, 2.75) is 26.3 Å². The molecule has 5 nitrogen and oxygen atoms in total. The first kappa shape index (κ1) is 25.4. The van der Waals surface area contributed by atoms with E-state index >= 15 is 0 Å². The van der Waals surface area contributed by atoms with Crippen LogP contribution < -0.4 is 10.9 Å². The monoisotopic (exact) mass is 525 g/mol. The van der Waals surface area contributed by atoms with E-state index in [1.807, 2.05) is 55.5 Å². The van der Waals surface area contributed by atoms with E-state index < -0.39 is 11.7 Å². The number of carbonyl (C=O) groups excluding carboxylic acids is 1. The summed E-state index contributed by atoms with van der Waals surface area (Å²) in [5, 5.41) is 3.75. The third kappa shape index (κ3) is 5.36. The molecule has 0 fully saturated rings. The highest BCUT2D eigenvalue weighted by molar-refractivity contribution is 6.30. The highest BCUT2D eigenvalue weighted by atomic mass is 35.5. The lowest BCUT2D eigenvalue weighted by Gasteiger charge is -2.14. The number of aromatic nitrogens is 2. The first-order valence-electron chi connectivity index (χ1n) is 12.4. The SMILES string of the molecule is CCCc1nc2ccc(NC(=O)c3ccccc3F)cc2c(=O)n1Cc1ccc(-c2cccc(Cl)c2)cc1. The van der Waals surface area contributed by atoms with Gasteiger partial charge in [0.1, 0.15) is 11.6 Å². The van der Waals surface area contributed by atoms with Crippen molar-refractivity contribution < 1.29 is 9.18 Å². The van der Waals surface area contributed by atoms with E-state index in [0.29, 0.717) is 40.4 Å². The summed E-state index contributed by atoms with van der Waals surface area (Å²) < 4.78 is 15.7. The number of benzene rings is 4. The molecule has 0 aliphatic heterocycles. The third-order valence-electron chi connectivity index (χ3n) is 6.34. The van der Waals surface area contributed by atoms with E-state index in [2.05, 4.69) is 5.32 Å². The van der Waals surface area contributed by atoms with Gasteiger partial charge in [-0.05, 0) is 65.6 Å². The smallest absolute Gasteiger partial charge is 0.261 e. The summed E-state index contributed by atoms with van der Waals surface area (Å²) in [7, 11) is 0. The Morgan fingerprint density at radius 2 is 1.74 bits per heavy atom. The Morgan fingerprint density at radius 3 is 2.47 bits per heavy atom. The highest BCUT2D eigenvalue weighted by Crippen LogP contribution is 2.24. The van der Waals surface area contributed by atoms with E-state index in [-0.39, 0.29) is 11.1 Å². The van der Waals surface area contributed by atoms with Crippen LogP contribution in [0.4, 0.5) is 10.1 Å². The molecule has 1 heterocycles. The lowest BCUT2D eigenvalue weighted by atomic mass is 10.0. The van der Waals surface area contributed by atoms with Gasteiger partial charge < -0.3 is 5.32 Å². The minimum atomic E-state index is -0.611. The predicted octanol–water partition coefficient (Wildman–Crippen LogP) is 7.11. The molecule has 38 heavy (non-hydrogen) atoms. The fourth-order valence-electron chi connectivity index (χ4n) is 4.42. The molecule has 1 amide bonds. The highest BCUT2D eigenvalue weighted by Gasteiger charge is 2.15. The molecule has 0 aliphatic rings. The molecule has 4 aromatic carbocycles. The third-order valence-corrected chi connectivity index (χ3v) is 6.57. The van der Waals surface area contributed by atoms with Crippen LogP contribution in [0.3, 0.4) is 0 Å². The average molecular weight is 526 g/mol. The molecular formula is C31H25ClFN3O2. The quantitative estimate of drug-likeness (QED) is 0.246. The van der Waals surface area contributed by atoms with Crippen molar-refractivity contribution in [2.24, 2.45) is 0 Å². The molecule has 5 aromatic rings. The van der Waals surface area contributed by atoms with Crippen molar-refractivity contribution in [3.63, 3.8) is 0 Å². The summed E-state index contributed by atoms with van der Waals surface area (Å²) >= 11 is 6.14. The van der Waals surface area contributed by atoms with Crippen LogP contribution in [0.5, 0.6) is 0 Å². The van der Waals surface area contributed by atoms with Crippen LogP contribution in [0.2, 0.25) is 5.02 Å². The van der Waals surface area contributed by atoms with Gasteiger partial charge in [-0.2, -0.15) is 0 Å². The first-order valence-corrected chi connectivity index (χ1v) is 12.7. The first-order chi connectivity index (χ1) is 18.4. The Bertz CT molecular complexity index is 1700. The van der Waals surface area contributed by atoms with Gasteiger partial charge in [-0.3, -0.25) is 14.2 Å². The minimum Gasteiger partial charge on any atom is -0.322 e. The molecule has 0 aliphatic carbocycles. The lowest BCUT2D eigenvalue weighted by molar-refractivity contribution is 0.102. The van der Waals surface area contributed by atoms with Crippen LogP contribution in [-0.4, -0.2) is 15.5 Å². The van der Waals surface area contributed by atoms with Crippen LogP contribution in [0, 0.1) is 5.82 Å². The number of hydrogen-bond acceptors (Lipinski definition) is 3. The Morgan fingerprint density at radius 1 is 0.947 bits per heavy atom. The Balaban J connectivity index is 1.47. The lowest BCUT2D eigenvalue weighted by Crippen LogP contribution is -2.26. The molecule has 0 spiro atoms. The summed E-state index contributed by atoms with van der Waals surface area (Å²) in [6, 6.07) is 26.4. The van der Waals surface area contributed by atoms with E-state index in [1.165, 1.54) is 18.2 Å². The van der Waals surface area contributed by atoms with Crippen LogP contribution in [0.25, 0.3) is 22.0 Å². The van der Waals surface area contributed by atoms with Gasteiger partial charge in [0.2, 0.25) is 0 Å². The molecule has 1 aromatic heterocycles. The van der Waals surface area contributed by atoms with Crippen LogP contribution in [0.1, 0.15) is 35.1 Å². The molecule has 0 atom stereocenters. The fourth-order valence-corrected chi connectivity index (χ4v) is 4.61. The number of nitrogens with zero attached hydrogens (tertiary/aromatic N) is 2. The number of fused-ring (bicyclic) bond motifs is 1. The maximum Gasteiger partial charge on any atom is 0.261 e. The number of rotatable bonds is 7. The topological polar surface area (TPSA) is 64.0 Å². The van der Waals surface area contributed by atoms with Gasteiger partial charge >= 0.3 is 0 Å². The molecule has 5 rings (SSSR count). The normalized spacial score (nSPS) is 11.0. The Hall–Kier alpha value is -4.29. The van der Waals surface area contributed by atoms with Gasteiger partial charge in [0.25, 0.3) is 11.5 Å². The van der Waals surface area contributed by atoms with Crippen molar-refractivity contribution in [2.75, 3.05) is 5.32 Å².